The van der Waals surface area contributed by atoms with E-state index in [1.807, 2.05) is 0 Å². The van der Waals surface area contributed by atoms with Crippen LogP contribution in [0.5, 0.6) is 0 Å². The van der Waals surface area contributed by atoms with E-state index < -0.39 is 12.0 Å². The maximum absolute atomic E-state index is 10.5. The van der Waals surface area contributed by atoms with E-state index in [4.69, 9.17) is 5.11 Å². The third kappa shape index (κ3) is 2.57. The number of carboxylic acids is 1. The van der Waals surface area contributed by atoms with Gasteiger partial charge in [0.2, 0.25) is 0 Å². The van der Waals surface area contributed by atoms with Crippen molar-refractivity contribution in [3.63, 3.8) is 0 Å². The lowest BCUT2D eigenvalue weighted by molar-refractivity contribution is -0.138. The molecule has 0 heterocycles. The van der Waals surface area contributed by atoms with Gasteiger partial charge in [0.25, 0.3) is 0 Å². The van der Waals surface area contributed by atoms with Crippen molar-refractivity contribution in [3.05, 3.63) is 11.8 Å². The summed E-state index contributed by atoms with van der Waals surface area (Å²) in [5.74, 6) is -0.790. The average molecular weight is 169 g/mol. The number of aliphatic carboxylic acids is 1. The number of nitrogens with one attached hydrogen (secondary N) is 1. The van der Waals surface area contributed by atoms with Crippen molar-refractivity contribution < 1.29 is 9.90 Å². The van der Waals surface area contributed by atoms with Gasteiger partial charge in [-0.05, 0) is 32.6 Å². The summed E-state index contributed by atoms with van der Waals surface area (Å²) >= 11 is 0. The zero-order valence-corrected chi connectivity index (χ0v) is 7.34. The van der Waals surface area contributed by atoms with E-state index in [2.05, 4.69) is 11.4 Å². The Morgan fingerprint density at radius 1 is 1.67 bits per heavy atom. The zero-order valence-electron chi connectivity index (χ0n) is 7.34. The van der Waals surface area contributed by atoms with Crippen LogP contribution in [0, 0.1) is 0 Å². The lowest BCUT2D eigenvalue weighted by Crippen LogP contribution is -2.33. The highest BCUT2D eigenvalue weighted by atomic mass is 16.4. The monoisotopic (exact) mass is 169 g/mol. The van der Waals surface area contributed by atoms with Gasteiger partial charge in [0.1, 0.15) is 6.04 Å². The maximum Gasteiger partial charge on any atom is 0.325 e. The first kappa shape index (κ1) is 9.10. The van der Waals surface area contributed by atoms with Crippen LogP contribution in [0.4, 0.5) is 0 Å². The highest BCUT2D eigenvalue weighted by molar-refractivity contribution is 5.73. The Labute approximate surface area is 72.5 Å². The molecular weight excluding hydrogens is 154 g/mol. The van der Waals surface area contributed by atoms with E-state index >= 15 is 0 Å². The molecule has 12 heavy (non-hydrogen) atoms. The van der Waals surface area contributed by atoms with Crippen LogP contribution in [0.3, 0.4) is 0 Å². The standard InChI is InChI=1S/C9H15NO2/c1-7(9(11)12)10-8-5-3-2-4-6-8/h5,7,10H,2-4,6H2,1H3,(H,11,12)/t7-/m0/s1. The van der Waals surface area contributed by atoms with Crippen molar-refractivity contribution in [2.75, 3.05) is 0 Å². The van der Waals surface area contributed by atoms with Crippen molar-refractivity contribution in [2.45, 2.75) is 38.6 Å². The molecule has 0 fully saturated rings. The quantitative estimate of drug-likeness (QED) is 0.673. The van der Waals surface area contributed by atoms with Crippen LogP contribution >= 0.6 is 0 Å². The number of carboxylic acid groups (broad SMARTS) is 1. The smallest absolute Gasteiger partial charge is 0.325 e. The summed E-state index contributed by atoms with van der Waals surface area (Å²) < 4.78 is 0. The highest BCUT2D eigenvalue weighted by Gasteiger charge is 2.12. The third-order valence-electron chi connectivity index (χ3n) is 2.06. The number of rotatable bonds is 3. The normalized spacial score (nSPS) is 19.6. The van der Waals surface area contributed by atoms with Crippen LogP contribution < -0.4 is 5.32 Å². The molecular formula is C9H15NO2. The summed E-state index contributed by atoms with van der Waals surface area (Å²) in [6, 6.07) is -0.464. The molecule has 0 spiro atoms. The molecule has 0 unspecified atom stereocenters. The van der Waals surface area contributed by atoms with Crippen LogP contribution in [0.1, 0.15) is 32.6 Å². The Hall–Kier alpha value is -0.990. The summed E-state index contributed by atoms with van der Waals surface area (Å²) in [6.07, 6.45) is 6.58. The second-order valence-electron chi connectivity index (χ2n) is 3.18. The molecule has 1 aliphatic rings. The molecule has 0 amide bonds. The predicted octanol–water partition coefficient (Wildman–Crippen LogP) is 1.51. The fourth-order valence-corrected chi connectivity index (χ4v) is 1.31. The Morgan fingerprint density at radius 3 is 2.92 bits per heavy atom. The van der Waals surface area contributed by atoms with Crippen LogP contribution in [0.25, 0.3) is 0 Å². The molecule has 2 N–H and O–H groups in total. The molecule has 0 bridgehead atoms. The minimum absolute atomic E-state index is 0.464. The third-order valence-corrected chi connectivity index (χ3v) is 2.06. The Bertz CT molecular complexity index is 199. The molecule has 0 aromatic rings. The van der Waals surface area contributed by atoms with Crippen molar-refractivity contribution in [1.82, 2.24) is 5.32 Å². The van der Waals surface area contributed by atoms with Gasteiger partial charge in [-0.1, -0.05) is 6.08 Å². The van der Waals surface area contributed by atoms with E-state index in [1.165, 1.54) is 12.8 Å². The van der Waals surface area contributed by atoms with Crippen molar-refractivity contribution in [2.24, 2.45) is 0 Å². The summed E-state index contributed by atoms with van der Waals surface area (Å²) in [6.45, 7) is 1.66. The van der Waals surface area contributed by atoms with Gasteiger partial charge < -0.3 is 10.4 Å². The van der Waals surface area contributed by atoms with E-state index in [1.54, 1.807) is 6.92 Å². The van der Waals surface area contributed by atoms with Gasteiger partial charge in [-0.25, -0.2) is 0 Å². The molecule has 3 nitrogen and oxygen atoms in total. The van der Waals surface area contributed by atoms with Crippen molar-refractivity contribution in [3.8, 4) is 0 Å². The summed E-state index contributed by atoms with van der Waals surface area (Å²) in [7, 11) is 0. The molecule has 0 aliphatic heterocycles. The van der Waals surface area contributed by atoms with E-state index in [0.717, 1.165) is 18.5 Å². The second kappa shape index (κ2) is 4.14. The van der Waals surface area contributed by atoms with Crippen LogP contribution in [0.15, 0.2) is 11.8 Å². The number of hydrogen-bond acceptors (Lipinski definition) is 2. The van der Waals surface area contributed by atoms with Gasteiger partial charge in [-0.15, -0.1) is 0 Å². The molecule has 1 atom stereocenters. The predicted molar refractivity (Wildman–Crippen MR) is 46.8 cm³/mol. The van der Waals surface area contributed by atoms with Gasteiger partial charge in [-0.3, -0.25) is 4.79 Å². The first-order valence-corrected chi connectivity index (χ1v) is 4.38. The molecule has 3 heteroatoms. The fourth-order valence-electron chi connectivity index (χ4n) is 1.31. The molecule has 1 aliphatic carbocycles. The van der Waals surface area contributed by atoms with Crippen LogP contribution in [-0.2, 0) is 4.79 Å². The van der Waals surface area contributed by atoms with Crippen LogP contribution in [-0.4, -0.2) is 17.1 Å². The number of allylic oxidation sites excluding steroid dienone is 2. The van der Waals surface area contributed by atoms with Gasteiger partial charge in [0.05, 0.1) is 0 Å². The largest absolute Gasteiger partial charge is 0.480 e. The Morgan fingerprint density at radius 2 is 2.42 bits per heavy atom. The van der Waals surface area contributed by atoms with Crippen LogP contribution in [0.2, 0.25) is 0 Å². The maximum atomic E-state index is 10.5. The topological polar surface area (TPSA) is 49.3 Å². The van der Waals surface area contributed by atoms with Gasteiger partial charge in [0, 0.05) is 5.70 Å². The van der Waals surface area contributed by atoms with Crippen molar-refractivity contribution >= 4 is 5.97 Å². The summed E-state index contributed by atoms with van der Waals surface area (Å²) in [5, 5.41) is 11.6. The minimum Gasteiger partial charge on any atom is -0.480 e. The average Bonchev–Trinajstić information content (AvgIpc) is 2.06. The molecule has 0 saturated heterocycles. The highest BCUT2D eigenvalue weighted by Crippen LogP contribution is 2.15. The van der Waals surface area contributed by atoms with E-state index in [9.17, 15) is 4.79 Å². The zero-order chi connectivity index (χ0) is 8.97. The minimum atomic E-state index is -0.790. The Balaban J connectivity index is 2.39. The number of carbonyl (C=O) groups is 1. The lowest BCUT2D eigenvalue weighted by atomic mass is 10.0. The SMILES string of the molecule is C[C@H](NC1=CCCCC1)C(=O)O. The molecule has 0 saturated carbocycles. The Kier molecular flexibility index (Phi) is 3.14. The first-order chi connectivity index (χ1) is 5.70. The number of hydrogen-bond donors (Lipinski definition) is 2. The molecule has 68 valence electrons. The molecule has 1 rings (SSSR count). The van der Waals surface area contributed by atoms with Crippen molar-refractivity contribution in [1.29, 1.82) is 0 Å². The molecule has 0 aromatic heterocycles. The molecule has 0 radical (unpaired) electrons. The van der Waals surface area contributed by atoms with Gasteiger partial charge in [-0.2, -0.15) is 0 Å². The molecule has 0 aromatic carbocycles. The fraction of sp³-hybridized carbons (Fsp3) is 0.667. The van der Waals surface area contributed by atoms with Gasteiger partial charge in [0.15, 0.2) is 0 Å². The lowest BCUT2D eigenvalue weighted by Gasteiger charge is -2.17. The van der Waals surface area contributed by atoms with E-state index in [-0.39, 0.29) is 0 Å². The first-order valence-electron chi connectivity index (χ1n) is 4.38. The van der Waals surface area contributed by atoms with E-state index in [0.29, 0.717) is 0 Å². The summed E-state index contributed by atoms with van der Waals surface area (Å²) in [5.41, 5.74) is 1.09. The second-order valence-corrected chi connectivity index (χ2v) is 3.18. The van der Waals surface area contributed by atoms with Gasteiger partial charge >= 0.3 is 5.97 Å². The summed E-state index contributed by atoms with van der Waals surface area (Å²) in [4.78, 5) is 10.5.